The molecular formula is C13H11ClN2OS. The van der Waals surface area contributed by atoms with Crippen LogP contribution in [0.4, 0.5) is 0 Å². The standard InChI is InChI=1S/C13H11ClN2OS/c14-12-6-5-11(18-12)13(10-4-3-9-17-10)15-16-7-1-2-8-16/h1-9,13,15H. The minimum Gasteiger partial charge on any atom is -0.467 e. The number of hydrogen-bond acceptors (Lipinski definition) is 3. The van der Waals surface area contributed by atoms with E-state index in [0.717, 1.165) is 15.0 Å². The van der Waals surface area contributed by atoms with Crippen molar-refractivity contribution in [2.45, 2.75) is 6.04 Å². The first-order chi connectivity index (χ1) is 8.83. The lowest BCUT2D eigenvalue weighted by atomic mass is 10.2. The summed E-state index contributed by atoms with van der Waals surface area (Å²) in [5.41, 5.74) is 3.37. The Morgan fingerprint density at radius 1 is 1.17 bits per heavy atom. The first-order valence-electron chi connectivity index (χ1n) is 5.51. The van der Waals surface area contributed by atoms with Gasteiger partial charge in [-0.2, -0.15) is 0 Å². The van der Waals surface area contributed by atoms with Crippen LogP contribution >= 0.6 is 22.9 Å². The molecular weight excluding hydrogens is 268 g/mol. The number of aromatic nitrogens is 1. The smallest absolute Gasteiger partial charge is 0.134 e. The maximum absolute atomic E-state index is 6.00. The molecule has 0 aliphatic rings. The first kappa shape index (κ1) is 11.4. The summed E-state index contributed by atoms with van der Waals surface area (Å²) in [4.78, 5) is 1.11. The molecule has 0 bridgehead atoms. The largest absolute Gasteiger partial charge is 0.467 e. The SMILES string of the molecule is Clc1ccc(C(Nn2cccc2)c2ccco2)s1. The number of furan rings is 1. The molecule has 3 nitrogen and oxygen atoms in total. The highest BCUT2D eigenvalue weighted by Crippen LogP contribution is 2.31. The normalized spacial score (nSPS) is 12.5. The van der Waals surface area contributed by atoms with Gasteiger partial charge < -0.3 is 9.84 Å². The molecule has 5 heteroatoms. The molecule has 1 atom stereocenters. The molecule has 1 N–H and O–H groups in total. The van der Waals surface area contributed by atoms with Gasteiger partial charge in [0.25, 0.3) is 0 Å². The fourth-order valence-corrected chi connectivity index (χ4v) is 2.89. The Morgan fingerprint density at radius 2 is 2.00 bits per heavy atom. The van der Waals surface area contributed by atoms with Gasteiger partial charge in [-0.25, -0.2) is 0 Å². The van der Waals surface area contributed by atoms with Gasteiger partial charge in [0.2, 0.25) is 0 Å². The summed E-state index contributed by atoms with van der Waals surface area (Å²) in [6.07, 6.45) is 5.57. The van der Waals surface area contributed by atoms with E-state index in [0.29, 0.717) is 0 Å². The van der Waals surface area contributed by atoms with E-state index in [-0.39, 0.29) is 6.04 Å². The van der Waals surface area contributed by atoms with Gasteiger partial charge >= 0.3 is 0 Å². The third-order valence-electron chi connectivity index (χ3n) is 2.59. The Balaban J connectivity index is 1.93. The highest BCUT2D eigenvalue weighted by molar-refractivity contribution is 7.16. The zero-order chi connectivity index (χ0) is 12.4. The second-order valence-corrected chi connectivity index (χ2v) is 5.56. The van der Waals surface area contributed by atoms with Crippen molar-refractivity contribution in [2.24, 2.45) is 0 Å². The minimum atomic E-state index is -0.0371. The molecule has 18 heavy (non-hydrogen) atoms. The molecule has 0 radical (unpaired) electrons. The van der Waals surface area contributed by atoms with Crippen LogP contribution in [-0.4, -0.2) is 4.68 Å². The molecule has 0 aliphatic heterocycles. The molecule has 0 aromatic carbocycles. The number of nitrogens with zero attached hydrogens (tertiary/aromatic N) is 1. The molecule has 3 rings (SSSR count). The van der Waals surface area contributed by atoms with Crippen molar-refractivity contribution in [1.82, 2.24) is 4.68 Å². The maximum Gasteiger partial charge on any atom is 0.134 e. The van der Waals surface area contributed by atoms with Gasteiger partial charge in [-0.15, -0.1) is 11.3 Å². The van der Waals surface area contributed by atoms with Crippen molar-refractivity contribution < 1.29 is 4.42 Å². The zero-order valence-electron chi connectivity index (χ0n) is 9.42. The summed E-state index contributed by atoms with van der Waals surface area (Å²) in [5, 5.41) is 0. The first-order valence-corrected chi connectivity index (χ1v) is 6.70. The average Bonchev–Trinajstić information content (AvgIpc) is 3.09. The van der Waals surface area contributed by atoms with E-state index in [2.05, 4.69) is 5.43 Å². The zero-order valence-corrected chi connectivity index (χ0v) is 11.0. The summed E-state index contributed by atoms with van der Waals surface area (Å²) in [7, 11) is 0. The number of thiophene rings is 1. The number of rotatable bonds is 4. The van der Waals surface area contributed by atoms with Crippen LogP contribution in [-0.2, 0) is 0 Å². The molecule has 3 aromatic heterocycles. The predicted octanol–water partition coefficient (Wildman–Crippen LogP) is 4.13. The van der Waals surface area contributed by atoms with Crippen LogP contribution in [0.5, 0.6) is 0 Å². The Morgan fingerprint density at radius 3 is 2.61 bits per heavy atom. The van der Waals surface area contributed by atoms with E-state index in [1.165, 1.54) is 0 Å². The Hall–Kier alpha value is -1.65. The second kappa shape index (κ2) is 4.92. The van der Waals surface area contributed by atoms with Crippen LogP contribution in [0.1, 0.15) is 16.7 Å². The van der Waals surface area contributed by atoms with Gasteiger partial charge in [0.1, 0.15) is 11.8 Å². The minimum absolute atomic E-state index is 0.0371. The van der Waals surface area contributed by atoms with Crippen molar-refractivity contribution in [3.8, 4) is 0 Å². The lowest BCUT2D eigenvalue weighted by Gasteiger charge is -2.17. The van der Waals surface area contributed by atoms with Crippen LogP contribution in [0.2, 0.25) is 4.34 Å². The third-order valence-corrected chi connectivity index (χ3v) is 3.88. The van der Waals surface area contributed by atoms with E-state index >= 15 is 0 Å². The lowest BCUT2D eigenvalue weighted by Crippen LogP contribution is -2.19. The van der Waals surface area contributed by atoms with Crippen molar-refractivity contribution >= 4 is 22.9 Å². The summed E-state index contributed by atoms with van der Waals surface area (Å²) >= 11 is 7.55. The van der Waals surface area contributed by atoms with E-state index < -0.39 is 0 Å². The van der Waals surface area contributed by atoms with Crippen molar-refractivity contribution in [3.05, 3.63) is 70.0 Å². The van der Waals surface area contributed by atoms with Crippen molar-refractivity contribution in [1.29, 1.82) is 0 Å². The molecule has 0 spiro atoms. The molecule has 92 valence electrons. The molecule has 0 saturated heterocycles. The fraction of sp³-hybridized carbons (Fsp3) is 0.0769. The van der Waals surface area contributed by atoms with E-state index in [1.807, 2.05) is 53.5 Å². The average molecular weight is 279 g/mol. The van der Waals surface area contributed by atoms with Crippen LogP contribution in [0.3, 0.4) is 0 Å². The fourth-order valence-electron chi connectivity index (χ4n) is 1.78. The quantitative estimate of drug-likeness (QED) is 0.778. The van der Waals surface area contributed by atoms with Gasteiger partial charge in [0.15, 0.2) is 0 Å². The number of hydrogen-bond donors (Lipinski definition) is 1. The van der Waals surface area contributed by atoms with Gasteiger partial charge in [-0.3, -0.25) is 4.68 Å². The monoisotopic (exact) mass is 278 g/mol. The van der Waals surface area contributed by atoms with E-state index in [1.54, 1.807) is 17.6 Å². The molecule has 0 saturated carbocycles. The predicted molar refractivity (Wildman–Crippen MR) is 73.7 cm³/mol. The third kappa shape index (κ3) is 2.30. The van der Waals surface area contributed by atoms with E-state index in [4.69, 9.17) is 16.0 Å². The molecule has 1 unspecified atom stereocenters. The maximum atomic E-state index is 6.00. The molecule has 0 fully saturated rings. The molecule has 3 aromatic rings. The molecule has 3 heterocycles. The van der Waals surface area contributed by atoms with Crippen molar-refractivity contribution in [2.75, 3.05) is 5.43 Å². The summed E-state index contributed by atoms with van der Waals surface area (Å²) in [5.74, 6) is 0.863. The lowest BCUT2D eigenvalue weighted by molar-refractivity contribution is 0.489. The molecule has 0 amide bonds. The second-order valence-electron chi connectivity index (χ2n) is 3.81. The van der Waals surface area contributed by atoms with Crippen LogP contribution < -0.4 is 5.43 Å². The van der Waals surface area contributed by atoms with Gasteiger partial charge in [-0.1, -0.05) is 11.6 Å². The summed E-state index contributed by atoms with van der Waals surface area (Å²) in [6.45, 7) is 0. The Bertz CT molecular complexity index is 601. The van der Waals surface area contributed by atoms with Gasteiger partial charge in [-0.05, 0) is 36.4 Å². The number of halogens is 1. The molecule has 0 aliphatic carbocycles. The Kier molecular flexibility index (Phi) is 3.13. The Labute approximate surface area is 114 Å². The van der Waals surface area contributed by atoms with Crippen molar-refractivity contribution in [3.63, 3.8) is 0 Å². The summed E-state index contributed by atoms with van der Waals surface area (Å²) < 4.78 is 8.17. The number of nitrogens with one attached hydrogen (secondary N) is 1. The highest BCUT2D eigenvalue weighted by Gasteiger charge is 2.18. The van der Waals surface area contributed by atoms with Crippen LogP contribution in [0, 0.1) is 0 Å². The van der Waals surface area contributed by atoms with E-state index in [9.17, 15) is 0 Å². The van der Waals surface area contributed by atoms with Crippen LogP contribution in [0.25, 0.3) is 0 Å². The van der Waals surface area contributed by atoms with Gasteiger partial charge in [0.05, 0.1) is 10.6 Å². The van der Waals surface area contributed by atoms with Crippen LogP contribution in [0.15, 0.2) is 59.5 Å². The highest BCUT2D eigenvalue weighted by atomic mass is 35.5. The summed E-state index contributed by atoms with van der Waals surface area (Å²) in [6, 6.07) is 11.6. The van der Waals surface area contributed by atoms with Gasteiger partial charge in [0, 0.05) is 17.3 Å². The topological polar surface area (TPSA) is 30.1 Å².